The molecule has 2 atom stereocenters. The highest BCUT2D eigenvalue weighted by atomic mass is 14.5. The Hall–Kier alpha value is -0.520. The summed E-state index contributed by atoms with van der Waals surface area (Å²) in [6.07, 6.45) is 7.73. The van der Waals surface area contributed by atoms with Crippen molar-refractivity contribution in [1.82, 2.24) is 0 Å². The Bertz CT molecular complexity index is 316. The third-order valence-electron chi connectivity index (χ3n) is 4.81. The van der Waals surface area contributed by atoms with Gasteiger partial charge in [-0.1, -0.05) is 53.7 Å². The Kier molecular flexibility index (Phi) is 2.60. The number of hydrogen-bond donors (Lipinski definition) is 0. The van der Waals surface area contributed by atoms with Gasteiger partial charge < -0.3 is 0 Å². The van der Waals surface area contributed by atoms with Gasteiger partial charge in [0.25, 0.3) is 0 Å². The van der Waals surface area contributed by atoms with Crippen LogP contribution in [0.15, 0.2) is 23.3 Å². The summed E-state index contributed by atoms with van der Waals surface area (Å²) in [4.78, 5) is 0. The quantitative estimate of drug-likeness (QED) is 0.538. The SMILES string of the molecule is CC1C=C2C(=CC1C)C(C)(C)CCC2(C)C. The van der Waals surface area contributed by atoms with Crippen LogP contribution in [0, 0.1) is 22.7 Å². The van der Waals surface area contributed by atoms with Gasteiger partial charge in [-0.05, 0) is 46.7 Å². The summed E-state index contributed by atoms with van der Waals surface area (Å²) in [5.41, 5.74) is 4.04. The molecule has 0 saturated heterocycles. The van der Waals surface area contributed by atoms with Crippen LogP contribution >= 0.6 is 0 Å². The second-order valence-electron chi connectivity index (χ2n) is 7.15. The summed E-state index contributed by atoms with van der Waals surface area (Å²) in [7, 11) is 0. The first-order chi connectivity index (χ1) is 7.24. The van der Waals surface area contributed by atoms with E-state index in [4.69, 9.17) is 0 Å². The lowest BCUT2D eigenvalue weighted by Gasteiger charge is -2.47. The van der Waals surface area contributed by atoms with Crippen LogP contribution in [-0.4, -0.2) is 0 Å². The summed E-state index contributed by atoms with van der Waals surface area (Å²) < 4.78 is 0. The monoisotopic (exact) mass is 218 g/mol. The van der Waals surface area contributed by atoms with Crippen LogP contribution in [0.25, 0.3) is 0 Å². The Morgan fingerprint density at radius 1 is 0.812 bits per heavy atom. The maximum absolute atomic E-state index is 2.54. The lowest BCUT2D eigenvalue weighted by atomic mass is 9.58. The topological polar surface area (TPSA) is 0 Å². The van der Waals surface area contributed by atoms with Gasteiger partial charge in [-0.25, -0.2) is 0 Å². The zero-order valence-corrected chi connectivity index (χ0v) is 11.7. The largest absolute Gasteiger partial charge is 0.0771 e. The van der Waals surface area contributed by atoms with E-state index in [0.29, 0.717) is 22.7 Å². The molecule has 1 fully saturated rings. The zero-order valence-electron chi connectivity index (χ0n) is 11.7. The van der Waals surface area contributed by atoms with Crippen molar-refractivity contribution in [2.75, 3.05) is 0 Å². The highest BCUT2D eigenvalue weighted by molar-refractivity contribution is 5.45. The summed E-state index contributed by atoms with van der Waals surface area (Å²) >= 11 is 0. The molecule has 0 heterocycles. The minimum Gasteiger partial charge on any atom is -0.0771 e. The molecule has 1 saturated carbocycles. The molecule has 0 aromatic carbocycles. The first kappa shape index (κ1) is 12.0. The molecule has 16 heavy (non-hydrogen) atoms. The van der Waals surface area contributed by atoms with Crippen LogP contribution < -0.4 is 0 Å². The molecule has 2 unspecified atom stereocenters. The van der Waals surface area contributed by atoms with Gasteiger partial charge in [0, 0.05) is 0 Å². The second-order valence-corrected chi connectivity index (χ2v) is 7.15. The lowest BCUT2D eigenvalue weighted by Crippen LogP contribution is -2.34. The van der Waals surface area contributed by atoms with Crippen molar-refractivity contribution in [1.29, 1.82) is 0 Å². The van der Waals surface area contributed by atoms with Gasteiger partial charge in [0.2, 0.25) is 0 Å². The molecule has 2 rings (SSSR count). The predicted molar refractivity (Wildman–Crippen MR) is 71.3 cm³/mol. The van der Waals surface area contributed by atoms with Crippen molar-refractivity contribution in [3.05, 3.63) is 23.3 Å². The molecule has 0 aromatic rings. The van der Waals surface area contributed by atoms with E-state index in [1.807, 2.05) is 0 Å². The number of allylic oxidation sites excluding steroid dienone is 4. The minimum atomic E-state index is 0.385. The molecule has 0 amide bonds. The third kappa shape index (κ3) is 1.77. The molecule has 90 valence electrons. The molecule has 2 aliphatic rings. The summed E-state index contributed by atoms with van der Waals surface area (Å²) in [6.45, 7) is 14.3. The van der Waals surface area contributed by atoms with Crippen molar-refractivity contribution < 1.29 is 0 Å². The number of fused-ring (bicyclic) bond motifs is 1. The molecule has 0 bridgehead atoms. The summed E-state index contributed by atoms with van der Waals surface area (Å²) in [5, 5.41) is 0. The van der Waals surface area contributed by atoms with E-state index in [-0.39, 0.29) is 0 Å². The molecule has 0 nitrogen and oxygen atoms in total. The van der Waals surface area contributed by atoms with Gasteiger partial charge in [0.1, 0.15) is 0 Å². The van der Waals surface area contributed by atoms with Crippen LogP contribution in [-0.2, 0) is 0 Å². The van der Waals surface area contributed by atoms with Crippen LogP contribution in [0.5, 0.6) is 0 Å². The van der Waals surface area contributed by atoms with Gasteiger partial charge in [0.15, 0.2) is 0 Å². The normalized spacial score (nSPS) is 36.1. The molecular formula is C16H26. The Morgan fingerprint density at radius 2 is 1.12 bits per heavy atom. The molecule has 0 radical (unpaired) electrons. The van der Waals surface area contributed by atoms with Gasteiger partial charge >= 0.3 is 0 Å². The zero-order chi connectivity index (χ0) is 12.1. The molecule has 2 aliphatic carbocycles. The van der Waals surface area contributed by atoms with Crippen LogP contribution in [0.3, 0.4) is 0 Å². The predicted octanol–water partition coefficient (Wildman–Crippen LogP) is 4.97. The van der Waals surface area contributed by atoms with E-state index >= 15 is 0 Å². The molecule has 0 N–H and O–H groups in total. The molecular weight excluding hydrogens is 192 g/mol. The highest BCUT2D eigenvalue weighted by Gasteiger charge is 2.41. The first-order valence-electron chi connectivity index (χ1n) is 6.69. The Balaban J connectivity index is 2.48. The standard InChI is InChI=1S/C16H26/c1-11-9-13-14(10-12(11)2)16(5,6)8-7-15(13,3)4/h9-12H,7-8H2,1-6H3. The average Bonchev–Trinajstić information content (AvgIpc) is 2.17. The van der Waals surface area contributed by atoms with E-state index in [0.717, 1.165) is 0 Å². The fourth-order valence-electron chi connectivity index (χ4n) is 3.08. The maximum atomic E-state index is 2.54. The van der Waals surface area contributed by atoms with Crippen molar-refractivity contribution in [3.8, 4) is 0 Å². The van der Waals surface area contributed by atoms with Crippen LogP contribution in [0.2, 0.25) is 0 Å². The van der Waals surface area contributed by atoms with Crippen molar-refractivity contribution in [2.45, 2.75) is 54.4 Å². The lowest BCUT2D eigenvalue weighted by molar-refractivity contribution is 0.250. The molecule has 0 heteroatoms. The minimum absolute atomic E-state index is 0.385. The Labute approximate surface area is 101 Å². The molecule has 0 spiro atoms. The van der Waals surface area contributed by atoms with Crippen LogP contribution in [0.4, 0.5) is 0 Å². The van der Waals surface area contributed by atoms with E-state index in [9.17, 15) is 0 Å². The fourth-order valence-corrected chi connectivity index (χ4v) is 3.08. The Morgan fingerprint density at radius 3 is 1.44 bits per heavy atom. The van der Waals surface area contributed by atoms with E-state index in [1.54, 1.807) is 11.1 Å². The van der Waals surface area contributed by atoms with Gasteiger partial charge in [-0.2, -0.15) is 0 Å². The third-order valence-corrected chi connectivity index (χ3v) is 4.81. The maximum Gasteiger partial charge on any atom is -0.0103 e. The van der Waals surface area contributed by atoms with Crippen molar-refractivity contribution >= 4 is 0 Å². The van der Waals surface area contributed by atoms with E-state index in [2.05, 4.69) is 53.7 Å². The van der Waals surface area contributed by atoms with Crippen molar-refractivity contribution in [3.63, 3.8) is 0 Å². The molecule has 0 aliphatic heterocycles. The first-order valence-corrected chi connectivity index (χ1v) is 6.69. The van der Waals surface area contributed by atoms with E-state index in [1.165, 1.54) is 12.8 Å². The number of hydrogen-bond acceptors (Lipinski definition) is 0. The average molecular weight is 218 g/mol. The van der Waals surface area contributed by atoms with E-state index < -0.39 is 0 Å². The van der Waals surface area contributed by atoms with Gasteiger partial charge in [0.05, 0.1) is 0 Å². The van der Waals surface area contributed by atoms with Gasteiger partial charge in [-0.15, -0.1) is 0 Å². The molecule has 0 aromatic heterocycles. The van der Waals surface area contributed by atoms with Crippen molar-refractivity contribution in [2.24, 2.45) is 22.7 Å². The summed E-state index contributed by atoms with van der Waals surface area (Å²) in [6, 6.07) is 0. The van der Waals surface area contributed by atoms with Crippen LogP contribution in [0.1, 0.15) is 54.4 Å². The smallest absolute Gasteiger partial charge is 0.0103 e. The highest BCUT2D eigenvalue weighted by Crippen LogP contribution is 2.54. The number of rotatable bonds is 0. The second kappa shape index (κ2) is 3.48. The van der Waals surface area contributed by atoms with Gasteiger partial charge in [-0.3, -0.25) is 0 Å². The summed E-state index contributed by atoms with van der Waals surface area (Å²) in [5.74, 6) is 1.40. The fraction of sp³-hybridized carbons (Fsp3) is 0.750.